The first-order valence-corrected chi connectivity index (χ1v) is 12.0. The van der Waals surface area contributed by atoms with Crippen LogP contribution in [0.2, 0.25) is 0 Å². The van der Waals surface area contributed by atoms with Gasteiger partial charge in [0.2, 0.25) is 0 Å². The summed E-state index contributed by atoms with van der Waals surface area (Å²) in [5.41, 5.74) is 5.94. The number of fused-ring (bicyclic) bond motifs is 3. The number of benzene rings is 2. The molecule has 7 heteroatoms. The van der Waals surface area contributed by atoms with E-state index in [1.54, 1.807) is 6.33 Å². The number of hydrogen-bond acceptors (Lipinski definition) is 6. The molecule has 0 saturated heterocycles. The van der Waals surface area contributed by atoms with E-state index in [1.807, 2.05) is 29.8 Å². The van der Waals surface area contributed by atoms with Crippen molar-refractivity contribution in [3.63, 3.8) is 0 Å². The first-order valence-electron chi connectivity index (χ1n) is 12.0. The smallest absolute Gasteiger partial charge is 0.257 e. The molecule has 1 aliphatic rings. The fraction of sp³-hybridized carbons (Fsp3) is 0.250. The molecule has 35 heavy (non-hydrogen) atoms. The Morgan fingerprint density at radius 3 is 2.71 bits per heavy atom. The van der Waals surface area contributed by atoms with Crippen molar-refractivity contribution in [2.24, 2.45) is 0 Å². The molecule has 0 bridgehead atoms. The molecule has 0 atom stereocenters. The van der Waals surface area contributed by atoms with Gasteiger partial charge in [0.15, 0.2) is 0 Å². The van der Waals surface area contributed by atoms with Crippen molar-refractivity contribution in [1.29, 1.82) is 5.26 Å². The van der Waals surface area contributed by atoms with Crippen LogP contribution in [0, 0.1) is 11.3 Å². The summed E-state index contributed by atoms with van der Waals surface area (Å²) in [7, 11) is 2.03. The summed E-state index contributed by atoms with van der Waals surface area (Å²) in [6.45, 7) is 2.19. The quantitative estimate of drug-likeness (QED) is 0.328. The topological polar surface area (TPSA) is 83.0 Å². The molecular formula is C28H25N7. The molecular weight excluding hydrogens is 434 g/mol. The highest BCUT2D eigenvalue weighted by Gasteiger charge is 2.46. The third-order valence-electron chi connectivity index (χ3n) is 6.94. The summed E-state index contributed by atoms with van der Waals surface area (Å²) >= 11 is 0. The maximum absolute atomic E-state index is 9.46. The Morgan fingerprint density at radius 1 is 1.09 bits per heavy atom. The van der Waals surface area contributed by atoms with Gasteiger partial charge in [-0.1, -0.05) is 37.6 Å². The fourth-order valence-corrected chi connectivity index (χ4v) is 4.71. The van der Waals surface area contributed by atoms with Crippen molar-refractivity contribution in [3.8, 4) is 17.2 Å². The average Bonchev–Trinajstić information content (AvgIpc) is 3.56. The lowest BCUT2D eigenvalue weighted by Gasteiger charge is -2.21. The highest BCUT2D eigenvalue weighted by Crippen LogP contribution is 2.46. The maximum Gasteiger partial charge on any atom is 0.257 e. The molecule has 6 rings (SSSR count). The van der Waals surface area contributed by atoms with E-state index < -0.39 is 0 Å². The van der Waals surface area contributed by atoms with Crippen LogP contribution < -0.4 is 4.90 Å². The lowest BCUT2D eigenvalue weighted by Crippen LogP contribution is -2.13. The third kappa shape index (κ3) is 3.58. The van der Waals surface area contributed by atoms with E-state index in [0.717, 1.165) is 64.9 Å². The predicted molar refractivity (Wildman–Crippen MR) is 137 cm³/mol. The average molecular weight is 460 g/mol. The minimum absolute atomic E-state index is 0.370. The number of anilines is 2. The largest absolute Gasteiger partial charge is 0.329 e. The second kappa shape index (κ2) is 8.17. The Labute approximate surface area is 203 Å². The summed E-state index contributed by atoms with van der Waals surface area (Å²) in [5.74, 6) is 1.41. The Hall–Kier alpha value is -4.31. The Morgan fingerprint density at radius 2 is 1.97 bits per heavy atom. The van der Waals surface area contributed by atoms with Crippen molar-refractivity contribution in [2.75, 3.05) is 11.9 Å². The molecule has 0 amide bonds. The SMILES string of the molecule is CCCc1ccc2c(N(C)c3cccc(-c4ccc(C5(C#N)CC5)nc4)c3)nc3nncn3c2c1. The monoisotopic (exact) mass is 459 g/mol. The molecule has 172 valence electrons. The first-order chi connectivity index (χ1) is 17.1. The first kappa shape index (κ1) is 21.2. The normalized spacial score (nSPS) is 14.2. The number of nitriles is 1. The highest BCUT2D eigenvalue weighted by molar-refractivity contribution is 5.94. The van der Waals surface area contributed by atoms with Gasteiger partial charge in [-0.15, -0.1) is 10.2 Å². The maximum atomic E-state index is 9.46. The molecule has 0 radical (unpaired) electrons. The molecule has 0 N–H and O–H groups in total. The van der Waals surface area contributed by atoms with Gasteiger partial charge in [0.1, 0.15) is 12.1 Å². The number of aryl methyl sites for hydroxylation is 1. The summed E-state index contributed by atoms with van der Waals surface area (Å²) in [6, 6.07) is 21.3. The number of nitrogens with zero attached hydrogens (tertiary/aromatic N) is 7. The molecule has 3 aromatic heterocycles. The Balaban J connectivity index is 1.39. The molecule has 0 aliphatic heterocycles. The molecule has 1 saturated carbocycles. The molecule has 2 aromatic carbocycles. The van der Waals surface area contributed by atoms with E-state index in [0.29, 0.717) is 5.78 Å². The van der Waals surface area contributed by atoms with E-state index in [9.17, 15) is 5.26 Å². The fourth-order valence-electron chi connectivity index (χ4n) is 4.71. The van der Waals surface area contributed by atoms with Crippen LogP contribution >= 0.6 is 0 Å². The van der Waals surface area contributed by atoms with E-state index in [-0.39, 0.29) is 5.41 Å². The molecule has 3 heterocycles. The number of aromatic nitrogens is 5. The molecule has 0 spiro atoms. The van der Waals surface area contributed by atoms with Crippen molar-refractivity contribution >= 4 is 28.2 Å². The van der Waals surface area contributed by atoms with Gasteiger partial charge in [-0.05, 0) is 60.7 Å². The van der Waals surface area contributed by atoms with Crippen LogP contribution in [0.15, 0.2) is 67.1 Å². The molecule has 7 nitrogen and oxygen atoms in total. The van der Waals surface area contributed by atoms with Gasteiger partial charge in [0.05, 0.1) is 22.7 Å². The highest BCUT2D eigenvalue weighted by atomic mass is 15.3. The van der Waals surface area contributed by atoms with Crippen LogP contribution in [0.3, 0.4) is 0 Å². The second-order valence-corrected chi connectivity index (χ2v) is 9.27. The standard InChI is InChI=1S/C28H25N7/c1-3-5-19-8-10-23-24(14-19)35-18-31-33-27(35)32-26(23)34(2)22-7-4-6-20(15-22)21-9-11-25(30-16-21)28(17-29)12-13-28/h4,6-11,14-16,18H,3,5,12-13H2,1-2H3. The van der Waals surface area contributed by atoms with Gasteiger partial charge in [-0.2, -0.15) is 10.2 Å². The summed E-state index contributed by atoms with van der Waals surface area (Å²) in [5, 5.41) is 18.8. The minimum atomic E-state index is -0.370. The van der Waals surface area contributed by atoms with Crippen LogP contribution in [0.1, 0.15) is 37.4 Å². The van der Waals surface area contributed by atoms with Crippen LogP contribution in [0.25, 0.3) is 27.8 Å². The summed E-state index contributed by atoms with van der Waals surface area (Å²) in [6.07, 6.45) is 7.50. The lowest BCUT2D eigenvalue weighted by molar-refractivity contribution is 0.855. The Bertz CT molecular complexity index is 1590. The van der Waals surface area contributed by atoms with Crippen LogP contribution in [0.4, 0.5) is 11.5 Å². The van der Waals surface area contributed by atoms with Gasteiger partial charge in [0, 0.05) is 29.9 Å². The van der Waals surface area contributed by atoms with Crippen LogP contribution in [-0.2, 0) is 11.8 Å². The van der Waals surface area contributed by atoms with Gasteiger partial charge < -0.3 is 4.90 Å². The second-order valence-electron chi connectivity index (χ2n) is 9.27. The molecule has 1 fully saturated rings. The zero-order chi connectivity index (χ0) is 24.0. The van der Waals surface area contributed by atoms with Crippen molar-refractivity contribution in [2.45, 2.75) is 38.0 Å². The van der Waals surface area contributed by atoms with Gasteiger partial charge >= 0.3 is 0 Å². The van der Waals surface area contributed by atoms with E-state index in [1.165, 1.54) is 5.56 Å². The lowest BCUT2D eigenvalue weighted by atomic mass is 10.0. The number of pyridine rings is 1. The minimum Gasteiger partial charge on any atom is -0.329 e. The summed E-state index contributed by atoms with van der Waals surface area (Å²) in [4.78, 5) is 11.6. The molecule has 5 aromatic rings. The van der Waals surface area contributed by atoms with Gasteiger partial charge in [-0.25, -0.2) is 0 Å². The van der Waals surface area contributed by atoms with Gasteiger partial charge in [0.25, 0.3) is 5.78 Å². The molecule has 0 unspecified atom stereocenters. The summed E-state index contributed by atoms with van der Waals surface area (Å²) < 4.78 is 1.95. The van der Waals surface area contributed by atoms with E-state index in [2.05, 4.69) is 75.5 Å². The predicted octanol–water partition coefficient (Wildman–Crippen LogP) is 5.62. The zero-order valence-corrected chi connectivity index (χ0v) is 19.8. The molecule has 1 aliphatic carbocycles. The third-order valence-corrected chi connectivity index (χ3v) is 6.94. The Kier molecular flexibility index (Phi) is 4.96. The number of hydrogen-bond donors (Lipinski definition) is 0. The van der Waals surface area contributed by atoms with Crippen molar-refractivity contribution in [1.82, 2.24) is 24.6 Å². The zero-order valence-electron chi connectivity index (χ0n) is 19.8. The van der Waals surface area contributed by atoms with Crippen LogP contribution in [-0.4, -0.2) is 31.6 Å². The number of rotatable bonds is 6. The van der Waals surface area contributed by atoms with Crippen LogP contribution in [0.5, 0.6) is 0 Å². The van der Waals surface area contributed by atoms with Crippen molar-refractivity contribution < 1.29 is 0 Å². The van der Waals surface area contributed by atoms with Gasteiger partial charge in [-0.3, -0.25) is 9.38 Å². The van der Waals surface area contributed by atoms with Crippen molar-refractivity contribution in [3.05, 3.63) is 78.4 Å². The van der Waals surface area contributed by atoms with E-state index in [4.69, 9.17) is 4.98 Å². The van der Waals surface area contributed by atoms with E-state index >= 15 is 0 Å².